The highest BCUT2D eigenvalue weighted by Gasteiger charge is 2.26. The van der Waals surface area contributed by atoms with Crippen LogP contribution in [0, 0.1) is 0 Å². The van der Waals surface area contributed by atoms with Gasteiger partial charge in [0.1, 0.15) is 0 Å². The first-order valence-corrected chi connectivity index (χ1v) is 8.69. The fourth-order valence-corrected chi connectivity index (χ4v) is 3.17. The van der Waals surface area contributed by atoms with Gasteiger partial charge in [-0.15, -0.1) is 0 Å². The summed E-state index contributed by atoms with van der Waals surface area (Å²) in [6.45, 7) is 7.49. The van der Waals surface area contributed by atoms with Crippen LogP contribution in [0.1, 0.15) is 45.2 Å². The third-order valence-electron chi connectivity index (χ3n) is 4.21. The Morgan fingerprint density at radius 2 is 2.00 bits per heavy atom. The van der Waals surface area contributed by atoms with Crippen LogP contribution in [-0.2, 0) is 0 Å². The molecular weight excluding hydrogens is 324 g/mol. The van der Waals surface area contributed by atoms with E-state index in [-0.39, 0.29) is 11.6 Å². The molecule has 0 aromatic carbocycles. The average Bonchev–Trinajstić information content (AvgIpc) is 2.53. The first-order valence-electron chi connectivity index (χ1n) is 8.31. The van der Waals surface area contributed by atoms with E-state index in [1.54, 1.807) is 6.20 Å². The fourth-order valence-electron chi connectivity index (χ4n) is 3.00. The molecule has 0 unspecified atom stereocenters. The molecule has 3 heterocycles. The molecule has 128 valence electrons. The molecule has 0 radical (unpaired) electrons. The lowest BCUT2D eigenvalue weighted by molar-refractivity contribution is 0.172. The largest absolute Gasteiger partial charge is 0.333 e. The molecule has 5 nitrogen and oxygen atoms in total. The van der Waals surface area contributed by atoms with Crippen LogP contribution < -0.4 is 5.32 Å². The van der Waals surface area contributed by atoms with Crippen LogP contribution in [0.5, 0.6) is 0 Å². The minimum absolute atomic E-state index is 0.0173. The maximum Gasteiger partial charge on any atom is 0.317 e. The minimum Gasteiger partial charge on any atom is -0.333 e. The number of amides is 2. The van der Waals surface area contributed by atoms with Crippen LogP contribution in [0.25, 0.3) is 11.0 Å². The second-order valence-electron chi connectivity index (χ2n) is 7.38. The number of rotatable bonds is 1. The molecule has 0 atom stereocenters. The molecule has 0 aliphatic carbocycles. The van der Waals surface area contributed by atoms with Crippen molar-refractivity contribution in [3.05, 3.63) is 35.1 Å². The molecule has 1 aliphatic heterocycles. The molecule has 0 saturated carbocycles. The summed E-state index contributed by atoms with van der Waals surface area (Å²) in [7, 11) is 0. The molecule has 1 fully saturated rings. The van der Waals surface area contributed by atoms with Crippen molar-refractivity contribution in [1.29, 1.82) is 0 Å². The smallest absolute Gasteiger partial charge is 0.317 e. The molecule has 2 aromatic rings. The Morgan fingerprint density at radius 1 is 1.29 bits per heavy atom. The lowest BCUT2D eigenvalue weighted by Gasteiger charge is -2.34. The Bertz CT molecular complexity index is 748. The Kier molecular flexibility index (Phi) is 4.63. The summed E-state index contributed by atoms with van der Waals surface area (Å²) >= 11 is 5.96. The molecule has 2 amide bonds. The van der Waals surface area contributed by atoms with Crippen molar-refractivity contribution in [2.75, 3.05) is 13.1 Å². The number of urea groups is 1. The van der Waals surface area contributed by atoms with Gasteiger partial charge in [-0.3, -0.25) is 0 Å². The van der Waals surface area contributed by atoms with Crippen molar-refractivity contribution >= 4 is 28.7 Å². The van der Waals surface area contributed by atoms with E-state index >= 15 is 0 Å². The topological polar surface area (TPSA) is 58.1 Å². The van der Waals surface area contributed by atoms with Gasteiger partial charge in [-0.2, -0.15) is 0 Å². The van der Waals surface area contributed by atoms with Gasteiger partial charge in [0.15, 0.2) is 5.65 Å². The first kappa shape index (κ1) is 17.0. The maximum atomic E-state index is 12.2. The molecule has 3 rings (SSSR count). The van der Waals surface area contributed by atoms with Gasteiger partial charge < -0.3 is 10.2 Å². The van der Waals surface area contributed by atoms with Gasteiger partial charge in [-0.05, 0) is 51.8 Å². The predicted molar refractivity (Wildman–Crippen MR) is 96.4 cm³/mol. The number of nitrogens with zero attached hydrogens (tertiary/aromatic N) is 3. The number of carbonyl (C=O) groups excluding carboxylic acids is 1. The van der Waals surface area contributed by atoms with Crippen molar-refractivity contribution in [2.24, 2.45) is 0 Å². The van der Waals surface area contributed by atoms with Gasteiger partial charge in [0.25, 0.3) is 0 Å². The Hall–Kier alpha value is -1.88. The molecule has 6 heteroatoms. The van der Waals surface area contributed by atoms with Crippen LogP contribution in [0.3, 0.4) is 0 Å². The molecule has 24 heavy (non-hydrogen) atoms. The lowest BCUT2D eigenvalue weighted by Crippen LogP contribution is -2.50. The third kappa shape index (κ3) is 3.96. The fraction of sp³-hybridized carbons (Fsp3) is 0.500. The number of halogens is 1. The number of carbonyl (C=O) groups is 1. The predicted octanol–water partition coefficient (Wildman–Crippen LogP) is 3.97. The number of pyridine rings is 2. The van der Waals surface area contributed by atoms with Crippen molar-refractivity contribution < 1.29 is 4.79 Å². The van der Waals surface area contributed by atoms with E-state index < -0.39 is 0 Å². The highest BCUT2D eigenvalue weighted by molar-refractivity contribution is 6.31. The molecule has 1 aliphatic rings. The van der Waals surface area contributed by atoms with E-state index in [1.165, 1.54) is 0 Å². The molecule has 0 bridgehead atoms. The number of nitrogens with one attached hydrogen (secondary N) is 1. The van der Waals surface area contributed by atoms with Gasteiger partial charge in [0, 0.05) is 41.8 Å². The van der Waals surface area contributed by atoms with Crippen molar-refractivity contribution in [2.45, 2.75) is 45.1 Å². The molecule has 2 aromatic heterocycles. The van der Waals surface area contributed by atoms with Crippen molar-refractivity contribution in [3.8, 4) is 0 Å². The summed E-state index contributed by atoms with van der Waals surface area (Å²) in [6, 6.07) is 5.97. The van der Waals surface area contributed by atoms with Crippen molar-refractivity contribution in [3.63, 3.8) is 0 Å². The third-order valence-corrected chi connectivity index (χ3v) is 4.42. The molecule has 0 spiro atoms. The zero-order valence-electron chi connectivity index (χ0n) is 14.3. The van der Waals surface area contributed by atoms with Gasteiger partial charge in [-0.1, -0.05) is 11.6 Å². The highest BCUT2D eigenvalue weighted by atomic mass is 35.5. The number of piperidine rings is 1. The number of hydrogen-bond acceptors (Lipinski definition) is 3. The Morgan fingerprint density at radius 3 is 2.67 bits per heavy atom. The summed E-state index contributed by atoms with van der Waals surface area (Å²) < 4.78 is 0. The van der Waals surface area contributed by atoms with Crippen molar-refractivity contribution in [1.82, 2.24) is 20.2 Å². The molecular formula is C18H23ClN4O. The number of likely N-dealkylation sites (tertiary alicyclic amines) is 1. The second kappa shape index (κ2) is 6.55. The van der Waals surface area contributed by atoms with Gasteiger partial charge in [-0.25, -0.2) is 14.8 Å². The zero-order chi connectivity index (χ0) is 17.3. The summed E-state index contributed by atoms with van der Waals surface area (Å²) in [4.78, 5) is 23.1. The van der Waals surface area contributed by atoms with Gasteiger partial charge in [0.2, 0.25) is 0 Å². The Labute approximate surface area is 147 Å². The highest BCUT2D eigenvalue weighted by Crippen LogP contribution is 2.28. The van der Waals surface area contributed by atoms with Crippen LogP contribution in [0.15, 0.2) is 24.4 Å². The van der Waals surface area contributed by atoms with Gasteiger partial charge in [0.05, 0.1) is 5.02 Å². The second-order valence-corrected chi connectivity index (χ2v) is 7.81. The van der Waals surface area contributed by atoms with Crippen LogP contribution in [0.2, 0.25) is 5.02 Å². The summed E-state index contributed by atoms with van der Waals surface area (Å²) in [5, 5.41) is 4.59. The van der Waals surface area contributed by atoms with E-state index in [2.05, 4.69) is 21.4 Å². The summed E-state index contributed by atoms with van der Waals surface area (Å²) in [5.41, 5.74) is 1.57. The van der Waals surface area contributed by atoms with E-state index in [0.717, 1.165) is 42.7 Å². The Balaban J connectivity index is 1.66. The first-order chi connectivity index (χ1) is 11.3. The van der Waals surface area contributed by atoms with E-state index in [9.17, 15) is 4.79 Å². The van der Waals surface area contributed by atoms with Crippen LogP contribution in [0.4, 0.5) is 4.79 Å². The maximum absolute atomic E-state index is 12.2. The number of fused-ring (bicyclic) bond motifs is 1. The lowest BCUT2D eigenvalue weighted by atomic mass is 9.93. The number of aromatic nitrogens is 2. The molecule has 1 N–H and O–H groups in total. The van der Waals surface area contributed by atoms with E-state index in [4.69, 9.17) is 11.6 Å². The van der Waals surface area contributed by atoms with Crippen LogP contribution >= 0.6 is 11.6 Å². The summed E-state index contributed by atoms with van der Waals surface area (Å²) in [6.07, 6.45) is 3.47. The standard InChI is InChI=1S/C18H23ClN4O/c1-18(2,3)22-17(24)23-8-6-12(7-9-23)15-5-4-13-10-14(19)11-20-16(13)21-15/h4-5,10-12H,6-9H2,1-3H3,(H,22,24). The minimum atomic E-state index is -0.208. The van der Waals surface area contributed by atoms with Crippen LogP contribution in [-0.4, -0.2) is 39.5 Å². The quantitative estimate of drug-likeness (QED) is 0.849. The average molecular weight is 347 g/mol. The SMILES string of the molecule is CC(C)(C)NC(=O)N1CCC(c2ccc3cc(Cl)cnc3n2)CC1. The summed E-state index contributed by atoms with van der Waals surface area (Å²) in [5.74, 6) is 0.366. The number of hydrogen-bond donors (Lipinski definition) is 1. The van der Waals surface area contributed by atoms with E-state index in [1.807, 2.05) is 37.8 Å². The van der Waals surface area contributed by atoms with Gasteiger partial charge >= 0.3 is 6.03 Å². The zero-order valence-corrected chi connectivity index (χ0v) is 15.1. The monoisotopic (exact) mass is 346 g/mol. The normalized spacial score (nSPS) is 16.4. The van der Waals surface area contributed by atoms with E-state index in [0.29, 0.717) is 10.9 Å². The molecule has 1 saturated heterocycles.